The van der Waals surface area contributed by atoms with Crippen LogP contribution in [0.5, 0.6) is 0 Å². The first kappa shape index (κ1) is 18.7. The molecule has 0 spiro atoms. The van der Waals surface area contributed by atoms with E-state index in [4.69, 9.17) is 11.6 Å². The van der Waals surface area contributed by atoms with Crippen LogP contribution < -0.4 is 9.03 Å². The van der Waals surface area contributed by atoms with E-state index < -0.39 is 20.0 Å². The van der Waals surface area contributed by atoms with Gasteiger partial charge in [-0.25, -0.2) is 21.6 Å². The van der Waals surface area contributed by atoms with Gasteiger partial charge in [0.1, 0.15) is 0 Å². The molecule has 0 saturated heterocycles. The maximum absolute atomic E-state index is 12.2. The molecule has 0 aliphatic heterocycles. The number of hydrogen-bond acceptors (Lipinski definition) is 4. The summed E-state index contributed by atoms with van der Waals surface area (Å²) in [7, 11) is -7.31. The van der Waals surface area contributed by atoms with Crippen LogP contribution in [0.3, 0.4) is 0 Å². The summed E-state index contributed by atoms with van der Waals surface area (Å²) in [5.74, 6) is 0. The number of halogens is 1. The van der Waals surface area contributed by atoms with Gasteiger partial charge in [-0.2, -0.15) is 0 Å². The molecule has 6 nitrogen and oxygen atoms in total. The summed E-state index contributed by atoms with van der Waals surface area (Å²) in [6, 6.07) is 14.3. The molecule has 0 fully saturated rings. The Hall–Kier alpha value is -1.61. The van der Waals surface area contributed by atoms with E-state index in [-0.39, 0.29) is 23.0 Å². The van der Waals surface area contributed by atoms with E-state index in [0.29, 0.717) is 5.69 Å². The van der Waals surface area contributed by atoms with Gasteiger partial charge < -0.3 is 0 Å². The summed E-state index contributed by atoms with van der Waals surface area (Å²) < 4.78 is 51.8. The van der Waals surface area contributed by atoms with Crippen LogP contribution in [-0.4, -0.2) is 36.2 Å². The van der Waals surface area contributed by atoms with Crippen molar-refractivity contribution in [1.29, 1.82) is 0 Å². The van der Waals surface area contributed by atoms with E-state index in [1.165, 1.54) is 12.1 Å². The fourth-order valence-corrected chi connectivity index (χ4v) is 4.35. The maximum Gasteiger partial charge on any atom is 0.240 e. The Morgan fingerprint density at radius 3 is 2.12 bits per heavy atom. The molecular weight excluding hydrogens is 372 g/mol. The van der Waals surface area contributed by atoms with E-state index in [2.05, 4.69) is 4.72 Å². The second kappa shape index (κ2) is 7.52. The molecule has 0 amide bonds. The lowest BCUT2D eigenvalue weighted by Crippen LogP contribution is -2.38. The second-order valence-corrected chi connectivity index (χ2v) is 9.08. The minimum absolute atomic E-state index is 0.0748. The van der Waals surface area contributed by atoms with Crippen molar-refractivity contribution in [2.75, 3.05) is 23.7 Å². The fourth-order valence-electron chi connectivity index (χ4n) is 2.08. The fraction of sp³-hybridized carbons (Fsp3) is 0.200. The molecule has 2 aromatic rings. The molecule has 2 aromatic carbocycles. The Bertz CT molecular complexity index is 900. The number of nitrogens with one attached hydrogen (secondary N) is 1. The van der Waals surface area contributed by atoms with Gasteiger partial charge in [0.05, 0.1) is 21.9 Å². The van der Waals surface area contributed by atoms with Crippen LogP contribution in [0.2, 0.25) is 5.02 Å². The van der Waals surface area contributed by atoms with E-state index in [9.17, 15) is 16.8 Å². The van der Waals surface area contributed by atoms with Crippen LogP contribution in [0.1, 0.15) is 0 Å². The average molecular weight is 389 g/mol. The third-order valence-electron chi connectivity index (χ3n) is 3.18. The first-order valence-electron chi connectivity index (χ1n) is 6.99. The summed E-state index contributed by atoms with van der Waals surface area (Å²) in [6.07, 6.45) is 1.04. The van der Waals surface area contributed by atoms with Gasteiger partial charge in [0, 0.05) is 13.1 Å². The van der Waals surface area contributed by atoms with Crippen LogP contribution >= 0.6 is 11.6 Å². The van der Waals surface area contributed by atoms with Crippen LogP contribution in [0.4, 0.5) is 5.69 Å². The monoisotopic (exact) mass is 388 g/mol. The third kappa shape index (κ3) is 4.70. The molecule has 0 saturated carbocycles. The molecule has 0 heterocycles. The van der Waals surface area contributed by atoms with Gasteiger partial charge in [-0.05, 0) is 24.3 Å². The molecular formula is C15H17ClN2O4S2. The van der Waals surface area contributed by atoms with Gasteiger partial charge in [-0.15, -0.1) is 0 Å². The molecule has 0 radical (unpaired) electrons. The summed E-state index contributed by atoms with van der Waals surface area (Å²) in [4.78, 5) is 0.119. The largest absolute Gasteiger partial charge is 0.268 e. The predicted octanol–water partition coefficient (Wildman–Crippen LogP) is 2.08. The molecule has 0 atom stereocenters. The van der Waals surface area contributed by atoms with E-state index in [0.717, 1.165) is 10.6 Å². The van der Waals surface area contributed by atoms with E-state index >= 15 is 0 Å². The highest BCUT2D eigenvalue weighted by molar-refractivity contribution is 7.92. The van der Waals surface area contributed by atoms with Crippen molar-refractivity contribution in [3.63, 3.8) is 0 Å². The van der Waals surface area contributed by atoms with Gasteiger partial charge in [0.15, 0.2) is 0 Å². The summed E-state index contributed by atoms with van der Waals surface area (Å²) in [6.45, 7) is -0.163. The second-order valence-electron chi connectivity index (χ2n) is 5.00. The predicted molar refractivity (Wildman–Crippen MR) is 95.3 cm³/mol. The molecule has 130 valence electrons. The van der Waals surface area contributed by atoms with Crippen LogP contribution in [-0.2, 0) is 20.0 Å². The van der Waals surface area contributed by atoms with E-state index in [1.807, 2.05) is 0 Å². The van der Waals surface area contributed by atoms with Crippen molar-refractivity contribution in [3.05, 3.63) is 59.6 Å². The highest BCUT2D eigenvalue weighted by Crippen LogP contribution is 2.26. The minimum Gasteiger partial charge on any atom is -0.268 e. The summed E-state index contributed by atoms with van der Waals surface area (Å²) in [5, 5.41) is 0.272. The van der Waals surface area contributed by atoms with E-state index in [1.54, 1.807) is 42.5 Å². The summed E-state index contributed by atoms with van der Waals surface area (Å²) in [5.41, 5.74) is 0.306. The first-order valence-corrected chi connectivity index (χ1v) is 10.7. The van der Waals surface area contributed by atoms with Crippen molar-refractivity contribution in [1.82, 2.24) is 4.72 Å². The lowest BCUT2D eigenvalue weighted by atomic mass is 10.3. The quantitative estimate of drug-likeness (QED) is 0.787. The highest BCUT2D eigenvalue weighted by atomic mass is 35.5. The molecule has 0 aliphatic carbocycles. The van der Waals surface area contributed by atoms with Gasteiger partial charge in [0.2, 0.25) is 20.0 Å². The van der Waals surface area contributed by atoms with Gasteiger partial charge in [-0.3, -0.25) is 4.31 Å². The zero-order valence-corrected chi connectivity index (χ0v) is 15.3. The highest BCUT2D eigenvalue weighted by Gasteiger charge is 2.21. The number of hydrogen-bond donors (Lipinski definition) is 1. The van der Waals surface area contributed by atoms with Gasteiger partial charge >= 0.3 is 0 Å². The normalized spacial score (nSPS) is 12.1. The standard InChI is InChI=1S/C15H17ClN2O4S2/c1-23(19,20)18(15-10-6-5-9-14(15)16)12-11-17-24(21,22)13-7-3-2-4-8-13/h2-10,17H,11-12H2,1H3. The zero-order chi connectivity index (χ0) is 17.8. The van der Waals surface area contributed by atoms with Crippen LogP contribution in [0.25, 0.3) is 0 Å². The molecule has 0 bridgehead atoms. The van der Waals surface area contributed by atoms with Crippen LogP contribution in [0.15, 0.2) is 59.5 Å². The Morgan fingerprint density at radius 1 is 0.958 bits per heavy atom. The molecule has 24 heavy (non-hydrogen) atoms. The van der Waals surface area contributed by atoms with Crippen molar-refractivity contribution >= 4 is 37.3 Å². The average Bonchev–Trinajstić information content (AvgIpc) is 2.52. The van der Waals surface area contributed by atoms with Crippen molar-refractivity contribution < 1.29 is 16.8 Å². The van der Waals surface area contributed by atoms with Gasteiger partial charge in [-0.1, -0.05) is 41.9 Å². The summed E-state index contributed by atoms with van der Waals surface area (Å²) >= 11 is 6.04. The lowest BCUT2D eigenvalue weighted by molar-refractivity contribution is 0.578. The third-order valence-corrected chi connectivity index (χ3v) is 6.16. The Kier molecular flexibility index (Phi) is 5.87. The SMILES string of the molecule is CS(=O)(=O)N(CCNS(=O)(=O)c1ccccc1)c1ccccc1Cl. The lowest BCUT2D eigenvalue weighted by Gasteiger charge is -2.23. The van der Waals surface area contributed by atoms with Crippen molar-refractivity contribution in [2.24, 2.45) is 0 Å². The van der Waals surface area contributed by atoms with Crippen LogP contribution in [0, 0.1) is 0 Å². The zero-order valence-electron chi connectivity index (χ0n) is 12.9. The Labute approximate surface area is 147 Å². The molecule has 0 aromatic heterocycles. The molecule has 0 unspecified atom stereocenters. The number of nitrogens with zero attached hydrogens (tertiary/aromatic N) is 1. The van der Waals surface area contributed by atoms with Crippen molar-refractivity contribution in [2.45, 2.75) is 4.90 Å². The maximum atomic E-state index is 12.2. The number of benzene rings is 2. The topological polar surface area (TPSA) is 83.6 Å². The minimum atomic E-state index is -3.70. The Balaban J connectivity index is 2.14. The molecule has 0 aliphatic rings. The smallest absolute Gasteiger partial charge is 0.240 e. The molecule has 1 N–H and O–H groups in total. The molecule has 9 heteroatoms. The molecule has 2 rings (SSSR count). The number of anilines is 1. The first-order chi connectivity index (χ1) is 11.2. The van der Waals surface area contributed by atoms with Crippen molar-refractivity contribution in [3.8, 4) is 0 Å². The number of rotatable bonds is 7. The number of para-hydroxylation sites is 1. The Morgan fingerprint density at radius 2 is 1.54 bits per heavy atom. The number of sulfonamides is 2. The van der Waals surface area contributed by atoms with Gasteiger partial charge in [0.25, 0.3) is 0 Å².